The van der Waals surface area contributed by atoms with Gasteiger partial charge < -0.3 is 19.7 Å². The molecule has 0 unspecified atom stereocenters. The van der Waals surface area contributed by atoms with E-state index in [1.807, 2.05) is 31.1 Å². The first-order valence-electron chi connectivity index (χ1n) is 10.3. The van der Waals surface area contributed by atoms with Crippen LogP contribution in [0.1, 0.15) is 11.1 Å². The number of hydrogen-bond donors (Lipinski definition) is 1. The van der Waals surface area contributed by atoms with Crippen molar-refractivity contribution in [2.24, 2.45) is 0 Å². The molecule has 33 heavy (non-hydrogen) atoms. The lowest BCUT2D eigenvalue weighted by Crippen LogP contribution is -2.36. The average molecular weight is 486 g/mol. The van der Waals surface area contributed by atoms with E-state index in [4.69, 9.17) is 21.1 Å². The summed E-state index contributed by atoms with van der Waals surface area (Å²) in [5.41, 5.74) is 2.41. The topological polar surface area (TPSA) is 72.8 Å². The van der Waals surface area contributed by atoms with Gasteiger partial charge in [0.25, 0.3) is 11.5 Å². The fraction of sp³-hybridized carbons (Fsp3) is 0.250. The van der Waals surface area contributed by atoms with Gasteiger partial charge in [-0.3, -0.25) is 14.2 Å². The van der Waals surface area contributed by atoms with Crippen LogP contribution in [0.2, 0.25) is 5.02 Å². The van der Waals surface area contributed by atoms with Gasteiger partial charge in [0.05, 0.1) is 24.3 Å². The number of hydrogen-bond acceptors (Lipinski definition) is 6. The van der Waals surface area contributed by atoms with Crippen molar-refractivity contribution < 1.29 is 14.3 Å². The lowest BCUT2D eigenvalue weighted by Gasteiger charge is -2.10. The van der Waals surface area contributed by atoms with Gasteiger partial charge in [-0.05, 0) is 50.5 Å². The predicted molar refractivity (Wildman–Crippen MR) is 132 cm³/mol. The van der Waals surface area contributed by atoms with Gasteiger partial charge >= 0.3 is 0 Å². The van der Waals surface area contributed by atoms with Crippen molar-refractivity contribution in [3.63, 3.8) is 0 Å². The molecule has 1 aliphatic heterocycles. The summed E-state index contributed by atoms with van der Waals surface area (Å²) in [6, 6.07) is 10.7. The number of amides is 1. The van der Waals surface area contributed by atoms with E-state index >= 15 is 0 Å². The summed E-state index contributed by atoms with van der Waals surface area (Å²) in [5, 5.41) is 3.40. The Morgan fingerprint density at radius 2 is 1.91 bits per heavy atom. The molecule has 1 aromatic heterocycles. The SMILES string of the molecule is COc1ccc(/C=c2\s/c(=C3\C(=O)Nc4ccc(Cl)cc43)n(CCN(C)C)c2=O)c(OC)c1. The molecule has 0 saturated carbocycles. The highest BCUT2D eigenvalue weighted by Gasteiger charge is 2.27. The first-order valence-corrected chi connectivity index (χ1v) is 11.5. The Kier molecular flexibility index (Phi) is 6.60. The maximum atomic E-state index is 13.5. The van der Waals surface area contributed by atoms with E-state index in [2.05, 4.69) is 5.32 Å². The van der Waals surface area contributed by atoms with E-state index in [0.29, 0.717) is 55.6 Å². The zero-order chi connectivity index (χ0) is 23.7. The molecule has 172 valence electrons. The summed E-state index contributed by atoms with van der Waals surface area (Å²) < 4.78 is 13.5. The van der Waals surface area contributed by atoms with E-state index in [-0.39, 0.29) is 11.5 Å². The van der Waals surface area contributed by atoms with Crippen LogP contribution in [0, 0.1) is 0 Å². The van der Waals surface area contributed by atoms with E-state index in [9.17, 15) is 9.59 Å². The number of benzene rings is 2. The maximum absolute atomic E-state index is 13.5. The van der Waals surface area contributed by atoms with E-state index < -0.39 is 0 Å². The minimum absolute atomic E-state index is 0.162. The first-order chi connectivity index (χ1) is 15.8. The second kappa shape index (κ2) is 9.43. The van der Waals surface area contributed by atoms with Gasteiger partial charge in [-0.2, -0.15) is 0 Å². The molecule has 9 heteroatoms. The largest absolute Gasteiger partial charge is 0.497 e. The summed E-state index contributed by atoms with van der Waals surface area (Å²) in [5.74, 6) is 0.999. The number of aromatic nitrogens is 1. The van der Waals surface area contributed by atoms with E-state index in [0.717, 1.165) is 5.56 Å². The number of carbonyl (C=O) groups is 1. The summed E-state index contributed by atoms with van der Waals surface area (Å²) in [6.07, 6.45) is 1.78. The number of methoxy groups -OCH3 is 2. The molecule has 0 fully saturated rings. The predicted octanol–water partition coefficient (Wildman–Crippen LogP) is 2.12. The Hall–Kier alpha value is -3.07. The average Bonchev–Trinajstić information content (AvgIpc) is 3.27. The third-order valence-electron chi connectivity index (χ3n) is 5.35. The molecule has 0 bridgehead atoms. The molecule has 0 aliphatic carbocycles. The first kappa shape index (κ1) is 23.1. The van der Waals surface area contributed by atoms with Gasteiger partial charge in [0.2, 0.25) is 0 Å². The minimum atomic E-state index is -0.249. The highest BCUT2D eigenvalue weighted by molar-refractivity contribution is 7.07. The molecule has 0 saturated heterocycles. The second-order valence-electron chi connectivity index (χ2n) is 7.80. The number of nitrogens with zero attached hydrogens (tertiary/aromatic N) is 2. The zero-order valence-corrected chi connectivity index (χ0v) is 20.3. The molecule has 0 atom stereocenters. The van der Waals surface area contributed by atoms with Crippen molar-refractivity contribution in [2.75, 3.05) is 40.2 Å². The fourth-order valence-corrected chi connectivity index (χ4v) is 4.99. The van der Waals surface area contributed by atoms with Crippen molar-refractivity contribution in [1.82, 2.24) is 9.47 Å². The van der Waals surface area contributed by atoms with Crippen molar-refractivity contribution >= 4 is 46.2 Å². The number of fused-ring (bicyclic) bond motifs is 1. The highest BCUT2D eigenvalue weighted by atomic mass is 35.5. The van der Waals surface area contributed by atoms with Crippen molar-refractivity contribution in [2.45, 2.75) is 6.54 Å². The van der Waals surface area contributed by atoms with Crippen LogP contribution >= 0.6 is 22.9 Å². The minimum Gasteiger partial charge on any atom is -0.497 e. The summed E-state index contributed by atoms with van der Waals surface area (Å²) in [7, 11) is 7.04. The molecule has 3 aromatic rings. The summed E-state index contributed by atoms with van der Waals surface area (Å²) in [4.78, 5) is 28.4. The van der Waals surface area contributed by atoms with Crippen LogP contribution in [0.25, 0.3) is 11.6 Å². The van der Waals surface area contributed by atoms with Crippen LogP contribution in [0.3, 0.4) is 0 Å². The number of halogens is 1. The van der Waals surface area contributed by atoms with Gasteiger partial charge in [-0.25, -0.2) is 0 Å². The fourth-order valence-electron chi connectivity index (χ4n) is 3.64. The Balaban J connectivity index is 1.99. The van der Waals surface area contributed by atoms with Crippen LogP contribution < -0.4 is 29.5 Å². The molecule has 0 spiro atoms. The lowest BCUT2D eigenvalue weighted by molar-refractivity contribution is -0.110. The molecule has 7 nitrogen and oxygen atoms in total. The molecule has 2 heterocycles. The third-order valence-corrected chi connectivity index (χ3v) is 6.71. The molecule has 4 rings (SSSR count). The molecule has 1 aliphatic rings. The number of rotatable bonds is 6. The van der Waals surface area contributed by atoms with Gasteiger partial charge in [0.1, 0.15) is 16.2 Å². The molecule has 0 radical (unpaired) electrons. The number of ether oxygens (including phenoxy) is 2. The Bertz CT molecular complexity index is 1410. The normalized spacial score (nSPS) is 15.1. The monoisotopic (exact) mass is 485 g/mol. The third kappa shape index (κ3) is 4.55. The van der Waals surface area contributed by atoms with Gasteiger partial charge in [0, 0.05) is 41.0 Å². The van der Waals surface area contributed by atoms with Gasteiger partial charge in [-0.1, -0.05) is 11.6 Å². The van der Waals surface area contributed by atoms with E-state index in [1.54, 1.807) is 49.1 Å². The summed E-state index contributed by atoms with van der Waals surface area (Å²) in [6.45, 7) is 1.09. The zero-order valence-electron chi connectivity index (χ0n) is 18.8. The number of nitrogens with one attached hydrogen (secondary N) is 1. The number of thiazole rings is 1. The molecule has 1 amide bonds. The van der Waals surface area contributed by atoms with Crippen LogP contribution in [0.4, 0.5) is 5.69 Å². The molecule has 2 aromatic carbocycles. The molecule has 1 N–H and O–H groups in total. The standard InChI is InChI=1S/C24H24ClN3O4S/c1-27(2)9-10-28-23(30)20(11-14-5-7-16(31-3)13-19(14)32-4)33-24(28)21-17-12-15(25)6-8-18(17)26-22(21)29/h5-8,11-13H,9-10H2,1-4H3,(H,26,29)/b20-11-,24-21-. The van der Waals surface area contributed by atoms with Crippen molar-refractivity contribution in [1.29, 1.82) is 0 Å². The van der Waals surface area contributed by atoms with Crippen LogP contribution in [-0.2, 0) is 11.3 Å². The van der Waals surface area contributed by atoms with Crippen LogP contribution in [0.5, 0.6) is 11.5 Å². The second-order valence-corrected chi connectivity index (χ2v) is 9.27. The Morgan fingerprint density at radius 3 is 2.61 bits per heavy atom. The van der Waals surface area contributed by atoms with Crippen molar-refractivity contribution in [3.8, 4) is 11.5 Å². The number of anilines is 1. The van der Waals surface area contributed by atoms with E-state index in [1.165, 1.54) is 11.3 Å². The smallest absolute Gasteiger partial charge is 0.269 e. The van der Waals surface area contributed by atoms with Gasteiger partial charge in [0.15, 0.2) is 0 Å². The highest BCUT2D eigenvalue weighted by Crippen LogP contribution is 2.32. The maximum Gasteiger partial charge on any atom is 0.269 e. The quantitative estimate of drug-likeness (QED) is 0.579. The lowest BCUT2D eigenvalue weighted by atomic mass is 10.1. The summed E-state index contributed by atoms with van der Waals surface area (Å²) >= 11 is 7.49. The Labute approximate surface area is 200 Å². The molecular weight excluding hydrogens is 462 g/mol. The van der Waals surface area contributed by atoms with Crippen molar-refractivity contribution in [3.05, 3.63) is 72.1 Å². The Morgan fingerprint density at radius 1 is 1.12 bits per heavy atom. The molecular formula is C24H24ClN3O4S. The number of carbonyl (C=O) groups excluding carboxylic acids is 1. The van der Waals surface area contributed by atoms with Crippen LogP contribution in [0.15, 0.2) is 41.2 Å². The van der Waals surface area contributed by atoms with Crippen LogP contribution in [-0.4, -0.2) is 50.2 Å². The number of likely N-dealkylation sites (N-methyl/N-ethyl adjacent to an activating group) is 1. The van der Waals surface area contributed by atoms with Gasteiger partial charge in [-0.15, -0.1) is 11.3 Å².